The van der Waals surface area contributed by atoms with Gasteiger partial charge in [0.2, 0.25) is 5.91 Å². The highest BCUT2D eigenvalue weighted by molar-refractivity contribution is 5.76. The fraction of sp³-hybridized carbons (Fsp3) is 0.500. The molecule has 0 aliphatic heterocycles. The van der Waals surface area contributed by atoms with Crippen molar-refractivity contribution in [3.05, 3.63) is 12.4 Å². The largest absolute Gasteiger partial charge is 0.383 e. The van der Waals surface area contributed by atoms with E-state index in [1.54, 1.807) is 13.3 Å². The highest BCUT2D eigenvalue weighted by atomic mass is 16.5. The van der Waals surface area contributed by atoms with Crippen LogP contribution in [0.15, 0.2) is 12.4 Å². The van der Waals surface area contributed by atoms with Crippen LogP contribution < -0.4 is 21.9 Å². The van der Waals surface area contributed by atoms with E-state index in [2.05, 4.69) is 26.0 Å². The van der Waals surface area contributed by atoms with Crippen LogP contribution in [-0.4, -0.2) is 42.7 Å². The summed E-state index contributed by atoms with van der Waals surface area (Å²) in [6.07, 6.45) is 3.41. The van der Waals surface area contributed by atoms with Crippen LogP contribution in [0.1, 0.15) is 6.42 Å². The number of hydrazine groups is 1. The lowest BCUT2D eigenvalue weighted by Crippen LogP contribution is -2.28. The Balaban J connectivity index is 2.22. The Morgan fingerprint density at radius 2 is 2.17 bits per heavy atom. The molecule has 1 amide bonds. The number of methoxy groups -OCH3 is 1. The average molecular weight is 254 g/mol. The first-order valence-corrected chi connectivity index (χ1v) is 5.54. The van der Waals surface area contributed by atoms with Gasteiger partial charge in [-0.05, 0) is 0 Å². The molecule has 0 aliphatic rings. The normalized spacial score (nSPS) is 9.89. The van der Waals surface area contributed by atoms with Gasteiger partial charge in [-0.3, -0.25) is 9.78 Å². The topological polar surface area (TPSA) is 114 Å². The molecule has 1 aromatic heterocycles. The quantitative estimate of drug-likeness (QED) is 0.276. The first-order chi connectivity index (χ1) is 8.76. The summed E-state index contributed by atoms with van der Waals surface area (Å²) in [4.78, 5) is 19.4. The van der Waals surface area contributed by atoms with Gasteiger partial charge in [-0.2, -0.15) is 0 Å². The molecule has 0 radical (unpaired) electrons. The van der Waals surface area contributed by atoms with Gasteiger partial charge in [-0.15, -0.1) is 0 Å². The second kappa shape index (κ2) is 8.20. The number of hydrogen-bond donors (Lipinski definition) is 4. The SMILES string of the molecule is COCCNC(=O)CCNc1cncc(NN)n1. The van der Waals surface area contributed by atoms with Crippen LogP contribution in [0.25, 0.3) is 0 Å². The summed E-state index contributed by atoms with van der Waals surface area (Å²) in [5.74, 6) is 6.19. The standard InChI is InChI=1S/C10H18N6O2/c1-18-5-4-14-10(17)2-3-13-8-6-12-7-9(15-8)16-11/h6-7H,2-5,11H2,1H3,(H,14,17)(H2,13,15,16). The second-order valence-electron chi connectivity index (χ2n) is 3.45. The molecule has 0 unspecified atom stereocenters. The van der Waals surface area contributed by atoms with E-state index in [9.17, 15) is 4.79 Å². The van der Waals surface area contributed by atoms with Gasteiger partial charge in [-0.1, -0.05) is 0 Å². The number of rotatable bonds is 8. The minimum atomic E-state index is -0.0411. The molecule has 0 saturated heterocycles. The van der Waals surface area contributed by atoms with Gasteiger partial charge in [-0.25, -0.2) is 10.8 Å². The fourth-order valence-corrected chi connectivity index (χ4v) is 1.21. The number of nitrogens with two attached hydrogens (primary N) is 1. The highest BCUT2D eigenvalue weighted by Gasteiger charge is 2.01. The first-order valence-electron chi connectivity index (χ1n) is 5.54. The van der Waals surface area contributed by atoms with E-state index in [-0.39, 0.29) is 5.91 Å². The maximum Gasteiger partial charge on any atom is 0.221 e. The summed E-state index contributed by atoms with van der Waals surface area (Å²) in [5, 5.41) is 5.70. The molecule has 8 nitrogen and oxygen atoms in total. The van der Waals surface area contributed by atoms with Gasteiger partial charge in [0.1, 0.15) is 5.82 Å². The van der Waals surface area contributed by atoms with Crippen LogP contribution in [0.2, 0.25) is 0 Å². The van der Waals surface area contributed by atoms with Crippen LogP contribution in [0.3, 0.4) is 0 Å². The number of aromatic nitrogens is 2. The van der Waals surface area contributed by atoms with Gasteiger partial charge in [0, 0.05) is 26.6 Å². The van der Waals surface area contributed by atoms with E-state index >= 15 is 0 Å². The third-order valence-electron chi connectivity index (χ3n) is 2.07. The van der Waals surface area contributed by atoms with Crippen LogP contribution >= 0.6 is 0 Å². The fourth-order valence-electron chi connectivity index (χ4n) is 1.21. The van der Waals surface area contributed by atoms with Crippen molar-refractivity contribution in [3.8, 4) is 0 Å². The lowest BCUT2D eigenvalue weighted by molar-refractivity contribution is -0.121. The molecule has 1 rings (SSSR count). The molecule has 18 heavy (non-hydrogen) atoms. The van der Waals surface area contributed by atoms with Crippen molar-refractivity contribution in [2.24, 2.45) is 5.84 Å². The second-order valence-corrected chi connectivity index (χ2v) is 3.45. The van der Waals surface area contributed by atoms with Crippen LogP contribution in [0.4, 0.5) is 11.6 Å². The van der Waals surface area contributed by atoms with Crippen molar-refractivity contribution in [2.45, 2.75) is 6.42 Å². The van der Waals surface area contributed by atoms with Crippen LogP contribution in [0, 0.1) is 0 Å². The third-order valence-corrected chi connectivity index (χ3v) is 2.07. The summed E-state index contributed by atoms with van der Waals surface area (Å²) < 4.78 is 4.82. The number of ether oxygens (including phenoxy) is 1. The number of carbonyl (C=O) groups is 1. The van der Waals surface area contributed by atoms with Crippen molar-refractivity contribution >= 4 is 17.5 Å². The maximum atomic E-state index is 11.4. The van der Waals surface area contributed by atoms with Gasteiger partial charge in [0.15, 0.2) is 5.82 Å². The lowest BCUT2D eigenvalue weighted by atomic mass is 10.4. The Morgan fingerprint density at radius 1 is 1.39 bits per heavy atom. The Bertz CT molecular complexity index is 373. The molecule has 0 aromatic carbocycles. The van der Waals surface area contributed by atoms with Gasteiger partial charge >= 0.3 is 0 Å². The van der Waals surface area contributed by atoms with Crippen molar-refractivity contribution in [3.63, 3.8) is 0 Å². The number of anilines is 2. The molecule has 0 spiro atoms. The van der Waals surface area contributed by atoms with Crippen molar-refractivity contribution in [1.29, 1.82) is 0 Å². The Kier molecular flexibility index (Phi) is 6.44. The van der Waals surface area contributed by atoms with Crippen molar-refractivity contribution in [2.75, 3.05) is 37.5 Å². The monoisotopic (exact) mass is 254 g/mol. The summed E-state index contributed by atoms with van der Waals surface area (Å²) in [7, 11) is 1.59. The minimum Gasteiger partial charge on any atom is -0.383 e. The number of nitrogens with one attached hydrogen (secondary N) is 3. The number of amides is 1. The molecule has 0 saturated carbocycles. The summed E-state index contributed by atoms with van der Waals surface area (Å²) in [6.45, 7) is 1.50. The molecule has 1 aromatic rings. The number of hydrogen-bond acceptors (Lipinski definition) is 7. The predicted octanol–water partition coefficient (Wildman–Crippen LogP) is -0.673. The molecular formula is C10H18N6O2. The van der Waals surface area contributed by atoms with Crippen molar-refractivity contribution in [1.82, 2.24) is 15.3 Å². The van der Waals surface area contributed by atoms with E-state index in [4.69, 9.17) is 10.6 Å². The summed E-state index contributed by atoms with van der Waals surface area (Å²) in [6, 6.07) is 0. The molecule has 5 N–H and O–H groups in total. The van der Waals surface area contributed by atoms with Gasteiger partial charge in [0.05, 0.1) is 19.0 Å². The summed E-state index contributed by atoms with van der Waals surface area (Å²) >= 11 is 0. The van der Waals surface area contributed by atoms with Crippen LogP contribution in [0.5, 0.6) is 0 Å². The van der Waals surface area contributed by atoms with E-state index in [0.717, 1.165) is 0 Å². The third kappa shape index (κ3) is 5.41. The summed E-state index contributed by atoms with van der Waals surface area (Å²) in [5.41, 5.74) is 2.39. The smallest absolute Gasteiger partial charge is 0.221 e. The zero-order valence-electron chi connectivity index (χ0n) is 10.3. The Labute approximate surface area is 105 Å². The van der Waals surface area contributed by atoms with Gasteiger partial charge in [0.25, 0.3) is 0 Å². The Morgan fingerprint density at radius 3 is 2.89 bits per heavy atom. The maximum absolute atomic E-state index is 11.4. The lowest BCUT2D eigenvalue weighted by Gasteiger charge is -2.07. The average Bonchev–Trinajstić information content (AvgIpc) is 2.39. The number of carbonyl (C=O) groups excluding carboxylic acids is 1. The zero-order valence-corrected chi connectivity index (χ0v) is 10.3. The molecule has 8 heteroatoms. The predicted molar refractivity (Wildman–Crippen MR) is 67.8 cm³/mol. The molecular weight excluding hydrogens is 236 g/mol. The zero-order chi connectivity index (χ0) is 13.2. The molecule has 0 bridgehead atoms. The van der Waals surface area contributed by atoms with Crippen molar-refractivity contribution < 1.29 is 9.53 Å². The Hall–Kier alpha value is -1.93. The van der Waals surface area contributed by atoms with Crippen LogP contribution in [-0.2, 0) is 9.53 Å². The van der Waals surface area contributed by atoms with E-state index in [1.165, 1.54) is 6.20 Å². The number of nitrogen functional groups attached to an aromatic ring is 1. The molecule has 0 atom stereocenters. The van der Waals surface area contributed by atoms with E-state index < -0.39 is 0 Å². The van der Waals surface area contributed by atoms with E-state index in [1.807, 2.05) is 0 Å². The molecule has 100 valence electrons. The first kappa shape index (κ1) is 14.1. The molecule has 0 aliphatic carbocycles. The molecule has 1 heterocycles. The minimum absolute atomic E-state index is 0.0411. The molecule has 0 fully saturated rings. The number of nitrogens with zero attached hydrogens (tertiary/aromatic N) is 2. The van der Waals surface area contributed by atoms with E-state index in [0.29, 0.717) is 37.8 Å². The highest BCUT2D eigenvalue weighted by Crippen LogP contribution is 2.04. The van der Waals surface area contributed by atoms with Gasteiger partial charge < -0.3 is 20.8 Å².